The van der Waals surface area contributed by atoms with Crippen LogP contribution in [0.15, 0.2) is 23.2 Å². The lowest BCUT2D eigenvalue weighted by Gasteiger charge is -2.45. The highest BCUT2D eigenvalue weighted by molar-refractivity contribution is 5.59. The van der Waals surface area contributed by atoms with Gasteiger partial charge >= 0.3 is 0 Å². The highest BCUT2D eigenvalue weighted by Gasteiger charge is 2.44. The Morgan fingerprint density at radius 3 is 2.77 bits per heavy atom. The Morgan fingerprint density at radius 2 is 2.18 bits per heavy atom. The molecule has 1 heterocycles. The van der Waals surface area contributed by atoms with Gasteiger partial charge in [-0.15, -0.1) is 0 Å². The van der Waals surface area contributed by atoms with Crippen LogP contribution < -0.4 is 4.74 Å². The number of nitrogens with zero attached hydrogens (tertiary/aromatic N) is 4. The van der Waals surface area contributed by atoms with Crippen molar-refractivity contribution in [3.8, 4) is 18.0 Å². The van der Waals surface area contributed by atoms with E-state index in [4.69, 9.17) is 15.3 Å². The normalized spacial score (nSPS) is 22.3. The number of nitriles is 2. The first-order valence-electron chi connectivity index (χ1n) is 7.03. The molecule has 0 saturated heterocycles. The van der Waals surface area contributed by atoms with Gasteiger partial charge in [-0.3, -0.25) is 0 Å². The van der Waals surface area contributed by atoms with E-state index >= 15 is 0 Å². The third kappa shape index (κ3) is 2.74. The minimum absolute atomic E-state index is 0.436. The van der Waals surface area contributed by atoms with Crippen molar-refractivity contribution in [1.29, 1.82) is 10.5 Å². The minimum Gasteiger partial charge on any atom is -0.485 e. The first-order valence-corrected chi connectivity index (χ1v) is 7.03. The Morgan fingerprint density at radius 1 is 1.45 bits per heavy atom. The lowest BCUT2D eigenvalue weighted by atomic mass is 9.85. The molecule has 0 aliphatic carbocycles. The molecule has 6 heteroatoms. The van der Waals surface area contributed by atoms with Crippen LogP contribution in [0.3, 0.4) is 0 Å². The zero-order valence-electron chi connectivity index (χ0n) is 12.8. The predicted octanol–water partition coefficient (Wildman–Crippen LogP) is 1.96. The average Bonchev–Trinajstić information content (AvgIpc) is 2.50. The molecular weight excluding hydrogens is 280 g/mol. The molecule has 2 rings (SSSR count). The van der Waals surface area contributed by atoms with Gasteiger partial charge in [-0.2, -0.15) is 15.5 Å². The maximum atomic E-state index is 10.7. The summed E-state index contributed by atoms with van der Waals surface area (Å²) in [6.45, 7) is 6.08. The molecule has 0 fully saturated rings. The van der Waals surface area contributed by atoms with Crippen molar-refractivity contribution < 1.29 is 9.84 Å². The van der Waals surface area contributed by atoms with Gasteiger partial charge in [0, 0.05) is 12.1 Å². The van der Waals surface area contributed by atoms with Crippen molar-refractivity contribution in [3.05, 3.63) is 29.3 Å². The number of benzene rings is 1. The number of aliphatic hydroxyl groups is 1. The van der Waals surface area contributed by atoms with Crippen molar-refractivity contribution in [3.63, 3.8) is 0 Å². The largest absolute Gasteiger partial charge is 0.485 e. The van der Waals surface area contributed by atoms with Crippen LogP contribution >= 0.6 is 0 Å². The molecule has 2 unspecified atom stereocenters. The number of fused-ring (bicyclic) bond motifs is 1. The molecule has 1 aromatic rings. The third-order valence-electron chi connectivity index (χ3n) is 3.83. The second-order valence-electron chi connectivity index (χ2n) is 5.63. The van der Waals surface area contributed by atoms with E-state index < -0.39 is 17.7 Å². The van der Waals surface area contributed by atoms with Crippen LogP contribution in [0.4, 0.5) is 0 Å². The van der Waals surface area contributed by atoms with E-state index in [-0.39, 0.29) is 0 Å². The summed E-state index contributed by atoms with van der Waals surface area (Å²) in [5.74, 6) is 0.628. The molecule has 0 saturated carbocycles. The van der Waals surface area contributed by atoms with E-state index in [9.17, 15) is 5.11 Å². The fraction of sp³-hybridized carbons (Fsp3) is 0.438. The molecule has 0 amide bonds. The van der Waals surface area contributed by atoms with Crippen LogP contribution in [0.1, 0.15) is 37.9 Å². The van der Waals surface area contributed by atoms with E-state index in [1.807, 2.05) is 6.92 Å². The summed E-state index contributed by atoms with van der Waals surface area (Å²) >= 11 is 0. The van der Waals surface area contributed by atoms with E-state index in [2.05, 4.69) is 11.1 Å². The molecule has 22 heavy (non-hydrogen) atoms. The molecule has 114 valence electrons. The standard InChI is InChI=1S/C16H18N4O2/c1-4-20(10-19-9-18)14-12-7-11(8-17)5-6-13(12)22-16(2,3)15(14)21/h5-7,10,14-15,21H,4H2,1-3H3. The lowest BCUT2D eigenvalue weighted by Crippen LogP contribution is -2.53. The summed E-state index contributed by atoms with van der Waals surface area (Å²) in [5.41, 5.74) is 0.421. The molecule has 1 N–H and O–H groups in total. The Bertz CT molecular complexity index is 670. The molecule has 1 aliphatic rings. The molecular formula is C16H18N4O2. The lowest BCUT2D eigenvalue weighted by molar-refractivity contribution is -0.0802. The molecule has 2 atom stereocenters. The van der Waals surface area contributed by atoms with Crippen LogP contribution in [0.25, 0.3) is 0 Å². The average molecular weight is 298 g/mol. The second kappa shape index (κ2) is 6.05. The highest BCUT2D eigenvalue weighted by Crippen LogP contribution is 2.42. The summed E-state index contributed by atoms with van der Waals surface area (Å²) < 4.78 is 5.86. The molecule has 1 aromatic carbocycles. The zero-order valence-corrected chi connectivity index (χ0v) is 12.8. The predicted molar refractivity (Wildman–Crippen MR) is 81.1 cm³/mol. The molecule has 1 aliphatic heterocycles. The number of likely N-dealkylation sites (N-methyl/N-ethyl adjacent to an activating group) is 1. The van der Waals surface area contributed by atoms with Crippen LogP contribution in [-0.4, -0.2) is 34.6 Å². The number of hydrogen-bond donors (Lipinski definition) is 1. The summed E-state index contributed by atoms with van der Waals surface area (Å²) in [7, 11) is 0. The van der Waals surface area contributed by atoms with Crippen LogP contribution in [0.5, 0.6) is 5.75 Å². The van der Waals surface area contributed by atoms with Crippen molar-refractivity contribution in [2.24, 2.45) is 4.99 Å². The number of aliphatic hydroxyl groups excluding tert-OH is 1. The Balaban J connectivity index is 2.57. The smallest absolute Gasteiger partial charge is 0.207 e. The minimum atomic E-state index is -0.834. The van der Waals surface area contributed by atoms with Gasteiger partial charge in [0.2, 0.25) is 6.19 Å². The summed E-state index contributed by atoms with van der Waals surface area (Å²) in [4.78, 5) is 5.38. The van der Waals surface area contributed by atoms with Gasteiger partial charge < -0.3 is 14.7 Å². The summed E-state index contributed by atoms with van der Waals surface area (Å²) in [6, 6.07) is 6.79. The van der Waals surface area contributed by atoms with Crippen LogP contribution in [0.2, 0.25) is 0 Å². The van der Waals surface area contributed by atoms with Gasteiger partial charge in [0.25, 0.3) is 0 Å². The van der Waals surface area contributed by atoms with Crippen molar-refractivity contribution in [2.75, 3.05) is 6.54 Å². The monoisotopic (exact) mass is 298 g/mol. The van der Waals surface area contributed by atoms with Gasteiger partial charge in [0.1, 0.15) is 23.8 Å². The fourth-order valence-corrected chi connectivity index (χ4v) is 2.65. The van der Waals surface area contributed by atoms with E-state index in [0.717, 1.165) is 5.56 Å². The highest BCUT2D eigenvalue weighted by atomic mass is 16.5. The van der Waals surface area contributed by atoms with Crippen molar-refractivity contribution in [1.82, 2.24) is 4.90 Å². The number of aliphatic imine (C=N–C) groups is 1. The first kappa shape index (κ1) is 15.8. The summed E-state index contributed by atoms with van der Waals surface area (Å²) in [6.07, 6.45) is 2.30. The number of ether oxygens (including phenoxy) is 1. The second-order valence-corrected chi connectivity index (χ2v) is 5.63. The SMILES string of the molecule is CCN(C=NC#N)C1c2cc(C#N)ccc2OC(C)(C)C1O. The quantitative estimate of drug-likeness (QED) is 0.523. The number of hydrogen-bond acceptors (Lipinski definition) is 5. The van der Waals surface area contributed by atoms with Crippen LogP contribution in [-0.2, 0) is 0 Å². The van der Waals surface area contributed by atoms with Gasteiger partial charge in [0.15, 0.2) is 0 Å². The molecule has 6 nitrogen and oxygen atoms in total. The Kier molecular flexibility index (Phi) is 4.35. The molecule has 0 spiro atoms. The maximum Gasteiger partial charge on any atom is 0.207 e. The third-order valence-corrected chi connectivity index (χ3v) is 3.83. The topological polar surface area (TPSA) is 92.6 Å². The van der Waals surface area contributed by atoms with Crippen LogP contribution in [0, 0.1) is 22.8 Å². The number of rotatable bonds is 3. The fourth-order valence-electron chi connectivity index (χ4n) is 2.65. The molecule has 0 aromatic heterocycles. The Hall–Kier alpha value is -2.57. The van der Waals surface area contributed by atoms with Crippen molar-refractivity contribution in [2.45, 2.75) is 38.5 Å². The van der Waals surface area contributed by atoms with E-state index in [0.29, 0.717) is 17.9 Å². The molecule has 0 bridgehead atoms. The van der Waals surface area contributed by atoms with Gasteiger partial charge in [-0.1, -0.05) is 0 Å². The van der Waals surface area contributed by atoms with Crippen molar-refractivity contribution >= 4 is 6.34 Å². The van der Waals surface area contributed by atoms with E-state index in [1.165, 1.54) is 6.34 Å². The maximum absolute atomic E-state index is 10.7. The zero-order chi connectivity index (χ0) is 16.3. The molecule has 0 radical (unpaired) electrons. The first-order chi connectivity index (χ1) is 10.4. The van der Waals surface area contributed by atoms with Gasteiger partial charge in [0.05, 0.1) is 17.7 Å². The summed E-state index contributed by atoms with van der Waals surface area (Å²) in [5, 5.41) is 28.5. The van der Waals surface area contributed by atoms with Gasteiger partial charge in [-0.05, 0) is 39.0 Å². The van der Waals surface area contributed by atoms with E-state index in [1.54, 1.807) is 43.1 Å². The Labute approximate surface area is 129 Å². The van der Waals surface area contributed by atoms with Gasteiger partial charge in [-0.25, -0.2) is 0 Å².